The third-order valence-electron chi connectivity index (χ3n) is 5.26. The summed E-state index contributed by atoms with van der Waals surface area (Å²) in [5.74, 6) is 1.54. The van der Waals surface area contributed by atoms with Gasteiger partial charge < -0.3 is 9.64 Å². The number of hydrogen-bond acceptors (Lipinski definition) is 2. The van der Waals surface area contributed by atoms with Crippen molar-refractivity contribution in [2.24, 2.45) is 0 Å². The predicted octanol–water partition coefficient (Wildman–Crippen LogP) is 5.17. The molecule has 0 bridgehead atoms. The maximum Gasteiger partial charge on any atom is 0.138 e. The van der Waals surface area contributed by atoms with E-state index in [4.69, 9.17) is 4.74 Å². The zero-order chi connectivity index (χ0) is 15.6. The van der Waals surface area contributed by atoms with Crippen LogP contribution >= 0.6 is 15.9 Å². The first kappa shape index (κ1) is 13.8. The number of fused-ring (bicyclic) bond motifs is 2. The highest BCUT2D eigenvalue weighted by Crippen LogP contribution is 2.48. The van der Waals surface area contributed by atoms with E-state index in [0.29, 0.717) is 4.47 Å². The van der Waals surface area contributed by atoms with Gasteiger partial charge in [-0.2, -0.15) is 0 Å². The number of allylic oxidation sites excluding steroid dienone is 3. The van der Waals surface area contributed by atoms with E-state index in [1.807, 2.05) is 0 Å². The van der Waals surface area contributed by atoms with Crippen molar-refractivity contribution in [1.82, 2.24) is 4.90 Å². The SMILES string of the molecule is Fc1cc2c(cc1Br)OC1=C3CCCN4CCCC(=C34)CC1=C2. The van der Waals surface area contributed by atoms with Crippen molar-refractivity contribution >= 4 is 22.0 Å². The Morgan fingerprint density at radius 1 is 1.13 bits per heavy atom. The molecular formula is C19H17BrFNO. The van der Waals surface area contributed by atoms with E-state index < -0.39 is 0 Å². The van der Waals surface area contributed by atoms with Crippen LogP contribution in [0.15, 0.2) is 44.8 Å². The van der Waals surface area contributed by atoms with Gasteiger partial charge in [-0.3, -0.25) is 0 Å². The van der Waals surface area contributed by atoms with Gasteiger partial charge in [-0.15, -0.1) is 0 Å². The minimum Gasteiger partial charge on any atom is -0.456 e. The van der Waals surface area contributed by atoms with E-state index in [1.54, 1.807) is 17.7 Å². The molecule has 1 fully saturated rings. The Bertz CT molecular complexity index is 821. The number of halogens is 2. The molecule has 0 unspecified atom stereocenters. The maximum atomic E-state index is 13.8. The number of hydrogen-bond donors (Lipinski definition) is 0. The van der Waals surface area contributed by atoms with Gasteiger partial charge in [-0.05, 0) is 71.8 Å². The molecule has 4 aliphatic rings. The van der Waals surface area contributed by atoms with Crippen LogP contribution < -0.4 is 4.74 Å². The van der Waals surface area contributed by atoms with E-state index in [2.05, 4.69) is 26.9 Å². The molecule has 5 rings (SSSR count). The molecule has 1 saturated heterocycles. The summed E-state index contributed by atoms with van der Waals surface area (Å²) in [6.07, 6.45) is 7.76. The molecule has 0 amide bonds. The third-order valence-corrected chi connectivity index (χ3v) is 5.87. The monoisotopic (exact) mass is 373 g/mol. The third kappa shape index (κ3) is 2.04. The van der Waals surface area contributed by atoms with Crippen LogP contribution in [0, 0.1) is 5.82 Å². The molecule has 0 spiro atoms. The Hall–Kier alpha value is -1.55. The van der Waals surface area contributed by atoms with Crippen LogP contribution in [0.1, 0.15) is 37.7 Å². The number of nitrogens with zero attached hydrogens (tertiary/aromatic N) is 1. The summed E-state index contributed by atoms with van der Waals surface area (Å²) >= 11 is 3.26. The van der Waals surface area contributed by atoms with Crippen LogP contribution in [0.2, 0.25) is 0 Å². The number of rotatable bonds is 0. The predicted molar refractivity (Wildman–Crippen MR) is 91.4 cm³/mol. The van der Waals surface area contributed by atoms with Gasteiger partial charge in [-0.25, -0.2) is 4.39 Å². The van der Waals surface area contributed by atoms with Crippen LogP contribution in [-0.4, -0.2) is 18.0 Å². The summed E-state index contributed by atoms with van der Waals surface area (Å²) in [7, 11) is 0. The smallest absolute Gasteiger partial charge is 0.138 e. The summed E-state index contributed by atoms with van der Waals surface area (Å²) in [4.78, 5) is 2.54. The molecule has 1 aliphatic carbocycles. The number of benzene rings is 1. The fraction of sp³-hybridized carbons (Fsp3) is 0.368. The van der Waals surface area contributed by atoms with Gasteiger partial charge >= 0.3 is 0 Å². The average Bonchev–Trinajstić information content (AvgIpc) is 2.55. The van der Waals surface area contributed by atoms with Crippen LogP contribution in [0.4, 0.5) is 4.39 Å². The fourth-order valence-corrected chi connectivity index (χ4v) is 4.64. The molecule has 2 nitrogen and oxygen atoms in total. The minimum absolute atomic E-state index is 0.238. The van der Waals surface area contributed by atoms with Crippen LogP contribution in [0.5, 0.6) is 5.75 Å². The lowest BCUT2D eigenvalue weighted by Gasteiger charge is -2.43. The van der Waals surface area contributed by atoms with E-state index >= 15 is 0 Å². The summed E-state index contributed by atoms with van der Waals surface area (Å²) < 4.78 is 20.6. The molecule has 3 heterocycles. The normalized spacial score (nSPS) is 22.2. The van der Waals surface area contributed by atoms with Gasteiger partial charge in [0, 0.05) is 35.5 Å². The highest BCUT2D eigenvalue weighted by molar-refractivity contribution is 9.10. The standard InChI is InChI=1S/C19H17BrFNO/c20-15-10-17-12(9-16(15)21)8-13-7-11-3-1-5-22-6-2-4-14(18(11)22)19(13)23-17/h8-10H,1-7H2. The second-order valence-electron chi connectivity index (χ2n) is 6.71. The molecule has 0 atom stereocenters. The minimum atomic E-state index is -0.238. The molecule has 1 aromatic rings. The first-order chi connectivity index (χ1) is 11.2. The lowest BCUT2D eigenvalue weighted by molar-refractivity contribution is 0.281. The van der Waals surface area contributed by atoms with Crippen molar-refractivity contribution in [3.05, 3.63) is 56.2 Å². The van der Waals surface area contributed by atoms with Gasteiger partial charge in [0.2, 0.25) is 0 Å². The molecule has 1 aromatic carbocycles. The van der Waals surface area contributed by atoms with E-state index in [-0.39, 0.29) is 5.82 Å². The van der Waals surface area contributed by atoms with Gasteiger partial charge in [0.15, 0.2) is 0 Å². The van der Waals surface area contributed by atoms with E-state index in [1.165, 1.54) is 49.2 Å². The lowest BCUT2D eigenvalue weighted by Crippen LogP contribution is -2.37. The summed E-state index contributed by atoms with van der Waals surface area (Å²) in [5.41, 5.74) is 6.44. The largest absolute Gasteiger partial charge is 0.456 e. The maximum absolute atomic E-state index is 13.8. The molecule has 4 heteroatoms. The molecule has 3 aliphatic heterocycles. The Morgan fingerprint density at radius 3 is 2.83 bits per heavy atom. The lowest BCUT2D eigenvalue weighted by atomic mass is 9.80. The van der Waals surface area contributed by atoms with Gasteiger partial charge in [0.1, 0.15) is 17.3 Å². The van der Waals surface area contributed by atoms with Crippen LogP contribution in [0.25, 0.3) is 6.08 Å². The first-order valence-corrected chi connectivity index (χ1v) is 9.08. The topological polar surface area (TPSA) is 12.5 Å². The average molecular weight is 374 g/mol. The Labute approximate surface area is 143 Å². The van der Waals surface area contributed by atoms with Gasteiger partial charge in [0.25, 0.3) is 0 Å². The summed E-state index contributed by atoms with van der Waals surface area (Å²) in [6.45, 7) is 2.34. The Balaban J connectivity index is 1.68. The molecule has 0 N–H and O–H groups in total. The van der Waals surface area contributed by atoms with Crippen molar-refractivity contribution in [2.45, 2.75) is 32.1 Å². The molecule has 0 radical (unpaired) electrons. The molecule has 23 heavy (non-hydrogen) atoms. The van der Waals surface area contributed by atoms with Crippen molar-refractivity contribution in [2.75, 3.05) is 13.1 Å². The first-order valence-electron chi connectivity index (χ1n) is 8.29. The van der Waals surface area contributed by atoms with Crippen molar-refractivity contribution in [3.63, 3.8) is 0 Å². The second kappa shape index (κ2) is 4.97. The Morgan fingerprint density at radius 2 is 1.96 bits per heavy atom. The van der Waals surface area contributed by atoms with Crippen LogP contribution in [0.3, 0.4) is 0 Å². The summed E-state index contributed by atoms with van der Waals surface area (Å²) in [6, 6.07) is 3.31. The quantitative estimate of drug-likeness (QED) is 0.622. The van der Waals surface area contributed by atoms with E-state index in [0.717, 1.165) is 29.9 Å². The summed E-state index contributed by atoms with van der Waals surface area (Å²) in [5, 5.41) is 0. The fourth-order valence-electron chi connectivity index (χ4n) is 4.31. The molecule has 0 saturated carbocycles. The van der Waals surface area contributed by atoms with Gasteiger partial charge in [0.05, 0.1) is 4.47 Å². The van der Waals surface area contributed by atoms with Crippen molar-refractivity contribution in [1.29, 1.82) is 0 Å². The Kier molecular flexibility index (Phi) is 2.99. The zero-order valence-electron chi connectivity index (χ0n) is 12.8. The molecule has 118 valence electrons. The molecular weight excluding hydrogens is 357 g/mol. The van der Waals surface area contributed by atoms with Crippen molar-refractivity contribution in [3.8, 4) is 5.75 Å². The van der Waals surface area contributed by atoms with Crippen molar-refractivity contribution < 1.29 is 9.13 Å². The molecule has 0 aromatic heterocycles. The van der Waals surface area contributed by atoms with Gasteiger partial charge in [-0.1, -0.05) is 0 Å². The number of ether oxygens (including phenoxy) is 1. The van der Waals surface area contributed by atoms with E-state index in [9.17, 15) is 4.39 Å². The highest BCUT2D eigenvalue weighted by Gasteiger charge is 2.35. The zero-order valence-corrected chi connectivity index (χ0v) is 14.4. The highest BCUT2D eigenvalue weighted by atomic mass is 79.9. The second-order valence-corrected chi connectivity index (χ2v) is 7.56. The number of piperidine rings is 1. The van der Waals surface area contributed by atoms with Crippen LogP contribution in [-0.2, 0) is 0 Å².